The van der Waals surface area contributed by atoms with Gasteiger partial charge in [0.05, 0.1) is 18.9 Å². The fourth-order valence-electron chi connectivity index (χ4n) is 3.91. The molecule has 3 heterocycles. The first kappa shape index (κ1) is 20.1. The number of aryl methyl sites for hydroxylation is 1. The summed E-state index contributed by atoms with van der Waals surface area (Å²) in [4.78, 5) is 41.3. The van der Waals surface area contributed by atoms with Gasteiger partial charge in [-0.2, -0.15) is 0 Å². The van der Waals surface area contributed by atoms with Crippen LogP contribution < -0.4 is 24.6 Å². The van der Waals surface area contributed by atoms with Gasteiger partial charge in [-0.15, -0.1) is 0 Å². The molecule has 2 saturated heterocycles. The second kappa shape index (κ2) is 8.01. The van der Waals surface area contributed by atoms with Crippen molar-refractivity contribution in [1.82, 2.24) is 5.32 Å². The van der Waals surface area contributed by atoms with E-state index in [2.05, 4.69) is 10.2 Å². The molecule has 164 valence electrons. The van der Waals surface area contributed by atoms with E-state index < -0.39 is 17.8 Å². The third-order valence-electron chi connectivity index (χ3n) is 5.65. The Labute approximate surface area is 184 Å². The van der Waals surface area contributed by atoms with Crippen LogP contribution in [0.4, 0.5) is 16.2 Å². The average molecular weight is 435 g/mol. The number of carbonyl (C=O) groups excluding carboxylic acids is 3. The van der Waals surface area contributed by atoms with Crippen molar-refractivity contribution in [2.45, 2.75) is 6.92 Å². The van der Waals surface area contributed by atoms with Gasteiger partial charge in [0.1, 0.15) is 5.57 Å². The predicted octanol–water partition coefficient (Wildman–Crippen LogP) is 2.23. The van der Waals surface area contributed by atoms with Gasteiger partial charge in [0.2, 0.25) is 6.79 Å². The fourth-order valence-corrected chi connectivity index (χ4v) is 3.91. The van der Waals surface area contributed by atoms with E-state index in [4.69, 9.17) is 14.2 Å². The monoisotopic (exact) mass is 435 g/mol. The van der Waals surface area contributed by atoms with Crippen molar-refractivity contribution in [1.29, 1.82) is 0 Å². The van der Waals surface area contributed by atoms with Gasteiger partial charge >= 0.3 is 6.03 Å². The van der Waals surface area contributed by atoms with Gasteiger partial charge in [0, 0.05) is 24.8 Å². The first-order chi connectivity index (χ1) is 15.5. The smallest absolute Gasteiger partial charge is 0.335 e. The summed E-state index contributed by atoms with van der Waals surface area (Å²) in [5.74, 6) is -0.468. The van der Waals surface area contributed by atoms with Crippen LogP contribution >= 0.6 is 0 Å². The Morgan fingerprint density at radius 1 is 0.938 bits per heavy atom. The number of nitrogens with one attached hydrogen (secondary N) is 1. The molecule has 0 atom stereocenters. The highest BCUT2D eigenvalue weighted by Crippen LogP contribution is 2.36. The zero-order chi connectivity index (χ0) is 22.2. The predicted molar refractivity (Wildman–Crippen MR) is 116 cm³/mol. The minimum Gasteiger partial charge on any atom is -0.454 e. The molecule has 0 bridgehead atoms. The number of rotatable bonds is 3. The summed E-state index contributed by atoms with van der Waals surface area (Å²) in [6.45, 7) is 4.98. The van der Waals surface area contributed by atoms with Gasteiger partial charge in [-0.1, -0.05) is 6.07 Å². The number of imide groups is 2. The Hall–Kier alpha value is -3.85. The van der Waals surface area contributed by atoms with Crippen molar-refractivity contribution in [3.63, 3.8) is 0 Å². The molecule has 9 heteroatoms. The van der Waals surface area contributed by atoms with E-state index in [1.807, 2.05) is 25.1 Å². The number of carbonyl (C=O) groups is 3. The molecule has 3 aliphatic rings. The lowest BCUT2D eigenvalue weighted by Crippen LogP contribution is -2.54. The lowest BCUT2D eigenvalue weighted by atomic mass is 10.0. The highest BCUT2D eigenvalue weighted by Gasteiger charge is 2.37. The van der Waals surface area contributed by atoms with Crippen LogP contribution in [-0.4, -0.2) is 50.9 Å². The van der Waals surface area contributed by atoms with E-state index in [0.717, 1.165) is 34.8 Å². The van der Waals surface area contributed by atoms with Crippen molar-refractivity contribution in [2.24, 2.45) is 0 Å². The summed E-state index contributed by atoms with van der Waals surface area (Å²) >= 11 is 0. The van der Waals surface area contributed by atoms with Crippen LogP contribution in [0.3, 0.4) is 0 Å². The normalized spacial score (nSPS) is 19.5. The lowest BCUT2D eigenvalue weighted by Gasteiger charge is -2.29. The van der Waals surface area contributed by atoms with Gasteiger partial charge < -0.3 is 19.1 Å². The van der Waals surface area contributed by atoms with Gasteiger partial charge in [-0.3, -0.25) is 14.9 Å². The number of fused-ring (bicyclic) bond motifs is 1. The second-order valence-corrected chi connectivity index (χ2v) is 7.64. The molecule has 2 fully saturated rings. The second-order valence-electron chi connectivity index (χ2n) is 7.64. The highest BCUT2D eigenvalue weighted by molar-refractivity contribution is 6.39. The van der Waals surface area contributed by atoms with Crippen LogP contribution in [0.25, 0.3) is 6.08 Å². The third-order valence-corrected chi connectivity index (χ3v) is 5.65. The van der Waals surface area contributed by atoms with Crippen LogP contribution in [0.15, 0.2) is 42.0 Å². The van der Waals surface area contributed by atoms with Crippen molar-refractivity contribution in [3.8, 4) is 11.5 Å². The summed E-state index contributed by atoms with van der Waals surface area (Å²) in [6.07, 6.45) is 1.52. The first-order valence-corrected chi connectivity index (χ1v) is 10.3. The molecule has 1 N–H and O–H groups in total. The fraction of sp³-hybridized carbons (Fsp3) is 0.261. The van der Waals surface area contributed by atoms with Crippen LogP contribution in [0.5, 0.6) is 11.5 Å². The van der Waals surface area contributed by atoms with Gasteiger partial charge in [0.25, 0.3) is 11.8 Å². The molecule has 32 heavy (non-hydrogen) atoms. The molecule has 0 radical (unpaired) electrons. The number of benzene rings is 2. The molecular formula is C23H21N3O6. The van der Waals surface area contributed by atoms with E-state index in [-0.39, 0.29) is 18.1 Å². The molecule has 5 rings (SSSR count). The molecule has 0 spiro atoms. The maximum atomic E-state index is 13.2. The Morgan fingerprint density at radius 3 is 2.47 bits per heavy atom. The van der Waals surface area contributed by atoms with Crippen LogP contribution in [-0.2, 0) is 14.3 Å². The number of hydrogen-bond donors (Lipinski definition) is 1. The van der Waals surface area contributed by atoms with E-state index >= 15 is 0 Å². The number of ether oxygens (including phenoxy) is 3. The number of barbiturate groups is 1. The Balaban J connectivity index is 1.45. The summed E-state index contributed by atoms with van der Waals surface area (Å²) in [6, 6.07) is 9.76. The summed E-state index contributed by atoms with van der Waals surface area (Å²) in [5.41, 5.74) is 2.86. The molecule has 0 unspecified atom stereocenters. The lowest BCUT2D eigenvalue weighted by molar-refractivity contribution is -0.122. The SMILES string of the molecule is Cc1cc(N2CCOCC2)ccc1/C=C1/C(=O)NC(=O)N(c2ccc3c(c2)OCO3)C1=O. The summed E-state index contributed by atoms with van der Waals surface area (Å²) < 4.78 is 16.0. The number of urea groups is 1. The van der Waals surface area contributed by atoms with Gasteiger partial charge in [0.15, 0.2) is 11.5 Å². The Bertz CT molecular complexity index is 1150. The topological polar surface area (TPSA) is 97.4 Å². The molecule has 9 nitrogen and oxygen atoms in total. The van der Waals surface area contributed by atoms with Crippen molar-refractivity contribution in [2.75, 3.05) is 42.9 Å². The molecule has 0 aliphatic carbocycles. The van der Waals surface area contributed by atoms with E-state index in [9.17, 15) is 14.4 Å². The number of nitrogens with zero attached hydrogens (tertiary/aromatic N) is 2. The number of hydrogen-bond acceptors (Lipinski definition) is 7. The third kappa shape index (κ3) is 3.56. The number of morpholine rings is 1. The maximum absolute atomic E-state index is 13.2. The van der Waals surface area contributed by atoms with E-state index in [0.29, 0.717) is 24.7 Å². The number of anilines is 2. The molecule has 3 aliphatic heterocycles. The molecule has 0 aromatic heterocycles. The standard InChI is InChI=1S/C23H21N3O6/c1-14-10-16(25-6-8-30-9-7-25)3-2-15(14)11-18-21(27)24-23(29)26(22(18)28)17-4-5-19-20(12-17)32-13-31-19/h2-5,10-12H,6-9,13H2,1H3,(H,24,27,29)/b18-11-. The quantitative estimate of drug-likeness (QED) is 0.583. The zero-order valence-electron chi connectivity index (χ0n) is 17.4. The molecule has 2 aromatic rings. The Kier molecular flexibility index (Phi) is 5.02. The van der Waals surface area contributed by atoms with E-state index in [1.54, 1.807) is 12.1 Å². The summed E-state index contributed by atoms with van der Waals surface area (Å²) in [5, 5.41) is 2.24. The zero-order valence-corrected chi connectivity index (χ0v) is 17.4. The molecule has 4 amide bonds. The minimum atomic E-state index is -0.810. The summed E-state index contributed by atoms with van der Waals surface area (Å²) in [7, 11) is 0. The largest absolute Gasteiger partial charge is 0.454 e. The molecule has 0 saturated carbocycles. The molecule has 2 aromatic carbocycles. The van der Waals surface area contributed by atoms with Crippen LogP contribution in [0.2, 0.25) is 0 Å². The molecular weight excluding hydrogens is 414 g/mol. The minimum absolute atomic E-state index is 0.0717. The van der Waals surface area contributed by atoms with Gasteiger partial charge in [-0.05, 0) is 48.4 Å². The first-order valence-electron chi connectivity index (χ1n) is 10.3. The van der Waals surface area contributed by atoms with Gasteiger partial charge in [-0.25, -0.2) is 9.69 Å². The van der Waals surface area contributed by atoms with Crippen LogP contribution in [0, 0.1) is 6.92 Å². The van der Waals surface area contributed by atoms with Crippen molar-refractivity contribution >= 4 is 35.3 Å². The van der Waals surface area contributed by atoms with E-state index in [1.165, 1.54) is 12.1 Å². The van der Waals surface area contributed by atoms with Crippen molar-refractivity contribution < 1.29 is 28.6 Å². The maximum Gasteiger partial charge on any atom is 0.335 e. The van der Waals surface area contributed by atoms with Crippen molar-refractivity contribution in [3.05, 3.63) is 53.1 Å². The number of amides is 4. The highest BCUT2D eigenvalue weighted by atomic mass is 16.7. The Morgan fingerprint density at radius 2 is 1.69 bits per heavy atom. The van der Waals surface area contributed by atoms with Crippen LogP contribution in [0.1, 0.15) is 11.1 Å². The average Bonchev–Trinajstić information content (AvgIpc) is 3.26.